The molecule has 166 valence electrons. The topological polar surface area (TPSA) is 94.6 Å². The second-order valence-corrected chi connectivity index (χ2v) is 11.4. The van der Waals surface area contributed by atoms with Gasteiger partial charge in [-0.3, -0.25) is 9.11 Å². The zero-order chi connectivity index (χ0) is 22.2. The van der Waals surface area contributed by atoms with Crippen LogP contribution in [0, 0.1) is 12.3 Å². The third-order valence-corrected chi connectivity index (χ3v) is 7.77. The lowest BCUT2D eigenvalue weighted by molar-refractivity contribution is 0.406. The SMILES string of the molecule is Cc1ccc2nc(N3CCS(O)(O)c4ccccc4C3)cc(NCC(C)(C)CN)c2c1. The van der Waals surface area contributed by atoms with Crippen LogP contribution in [0.4, 0.5) is 11.5 Å². The molecule has 0 amide bonds. The molecule has 6 nitrogen and oxygen atoms in total. The highest BCUT2D eigenvalue weighted by atomic mass is 32.3. The molecule has 0 spiro atoms. The number of aryl methyl sites for hydroxylation is 1. The average Bonchev–Trinajstić information content (AvgIpc) is 2.88. The summed E-state index contributed by atoms with van der Waals surface area (Å²) >= 11 is 0. The highest BCUT2D eigenvalue weighted by molar-refractivity contribution is 8.24. The van der Waals surface area contributed by atoms with Gasteiger partial charge in [0.15, 0.2) is 0 Å². The first kappa shape index (κ1) is 21.9. The first-order valence-electron chi connectivity index (χ1n) is 10.6. The van der Waals surface area contributed by atoms with Crippen LogP contribution in [0.5, 0.6) is 0 Å². The maximum Gasteiger partial charge on any atom is 0.131 e. The fourth-order valence-corrected chi connectivity index (χ4v) is 5.37. The number of nitrogens with one attached hydrogen (secondary N) is 1. The van der Waals surface area contributed by atoms with Gasteiger partial charge in [0.05, 0.1) is 16.2 Å². The van der Waals surface area contributed by atoms with Gasteiger partial charge in [0.2, 0.25) is 0 Å². The fraction of sp³-hybridized carbons (Fsp3) is 0.375. The lowest BCUT2D eigenvalue weighted by atomic mass is 9.93. The van der Waals surface area contributed by atoms with Crippen molar-refractivity contribution in [1.82, 2.24) is 4.98 Å². The predicted octanol–water partition coefficient (Wildman–Crippen LogP) is 5.07. The predicted molar refractivity (Wildman–Crippen MR) is 131 cm³/mol. The summed E-state index contributed by atoms with van der Waals surface area (Å²) in [7, 11) is -2.81. The molecule has 5 N–H and O–H groups in total. The number of hydrogen-bond donors (Lipinski definition) is 4. The van der Waals surface area contributed by atoms with E-state index in [2.05, 4.69) is 49.2 Å². The van der Waals surface area contributed by atoms with Crippen LogP contribution in [0.3, 0.4) is 0 Å². The Bertz CT molecular complexity index is 1100. The highest BCUT2D eigenvalue weighted by Crippen LogP contribution is 2.51. The number of rotatable bonds is 5. The normalized spacial score (nSPS) is 17.2. The molecular formula is C24H32N4O2S. The summed E-state index contributed by atoms with van der Waals surface area (Å²) in [6, 6.07) is 15.9. The number of hydrogen-bond acceptors (Lipinski definition) is 6. The van der Waals surface area contributed by atoms with E-state index in [0.29, 0.717) is 30.3 Å². The molecule has 1 aliphatic rings. The van der Waals surface area contributed by atoms with Crippen LogP contribution in [-0.4, -0.2) is 39.5 Å². The smallest absolute Gasteiger partial charge is 0.131 e. The van der Waals surface area contributed by atoms with Crippen molar-refractivity contribution >= 4 is 33.0 Å². The molecular weight excluding hydrogens is 408 g/mol. The minimum Gasteiger partial charge on any atom is -0.384 e. The van der Waals surface area contributed by atoms with E-state index in [1.54, 1.807) is 0 Å². The maximum absolute atomic E-state index is 10.7. The zero-order valence-electron chi connectivity index (χ0n) is 18.4. The van der Waals surface area contributed by atoms with Gasteiger partial charge in [-0.15, -0.1) is 0 Å². The standard InChI is InChI=1S/C24H32N4O2S/c1-17-8-9-20-19(12-17)21(26-16-24(2,3)15-25)13-23(27-20)28-10-11-31(29,30)22-7-5-4-6-18(22)14-28/h4-9,12-13,29-30H,10-11,14-16,25H2,1-3H3,(H,26,27). The maximum atomic E-state index is 10.7. The number of aromatic nitrogens is 1. The minimum atomic E-state index is -2.81. The number of pyridine rings is 1. The molecule has 0 radical (unpaired) electrons. The second-order valence-electron chi connectivity index (χ2n) is 9.17. The van der Waals surface area contributed by atoms with Crippen molar-refractivity contribution in [3.05, 3.63) is 59.7 Å². The first-order chi connectivity index (χ1) is 14.7. The number of anilines is 2. The lowest BCUT2D eigenvalue weighted by Gasteiger charge is -2.32. The Balaban J connectivity index is 1.75. The molecule has 3 aromatic rings. The molecule has 0 fully saturated rings. The summed E-state index contributed by atoms with van der Waals surface area (Å²) < 4.78 is 21.4. The van der Waals surface area contributed by atoms with Gasteiger partial charge in [0.1, 0.15) is 5.82 Å². The number of nitrogens with two attached hydrogens (primary N) is 1. The van der Waals surface area contributed by atoms with Crippen LogP contribution < -0.4 is 16.0 Å². The van der Waals surface area contributed by atoms with Crippen molar-refractivity contribution in [2.45, 2.75) is 32.2 Å². The van der Waals surface area contributed by atoms with Crippen molar-refractivity contribution in [3.8, 4) is 0 Å². The van der Waals surface area contributed by atoms with E-state index in [-0.39, 0.29) is 5.41 Å². The largest absolute Gasteiger partial charge is 0.384 e. The van der Waals surface area contributed by atoms with Gasteiger partial charge in [-0.25, -0.2) is 4.98 Å². The Hall–Kier alpha value is -2.32. The monoisotopic (exact) mass is 440 g/mol. The number of benzene rings is 2. The molecule has 0 saturated carbocycles. The Morgan fingerprint density at radius 1 is 1.16 bits per heavy atom. The van der Waals surface area contributed by atoms with Gasteiger partial charge in [-0.2, -0.15) is 10.6 Å². The Morgan fingerprint density at radius 2 is 1.94 bits per heavy atom. The fourth-order valence-electron chi connectivity index (χ4n) is 3.82. The second kappa shape index (κ2) is 8.31. The average molecular weight is 441 g/mol. The molecule has 0 bridgehead atoms. The summed E-state index contributed by atoms with van der Waals surface area (Å²) in [6.45, 7) is 8.82. The third kappa shape index (κ3) is 4.65. The van der Waals surface area contributed by atoms with E-state index in [0.717, 1.165) is 34.5 Å². The van der Waals surface area contributed by atoms with Crippen molar-refractivity contribution in [2.75, 3.05) is 35.6 Å². The molecule has 1 aromatic heterocycles. The van der Waals surface area contributed by atoms with Crippen molar-refractivity contribution in [1.29, 1.82) is 0 Å². The summed E-state index contributed by atoms with van der Waals surface area (Å²) in [4.78, 5) is 7.72. The van der Waals surface area contributed by atoms with Gasteiger partial charge in [-0.1, -0.05) is 43.7 Å². The number of fused-ring (bicyclic) bond motifs is 2. The van der Waals surface area contributed by atoms with Crippen LogP contribution in [-0.2, 0) is 6.54 Å². The quantitative estimate of drug-likeness (QED) is 0.442. The van der Waals surface area contributed by atoms with Crippen LogP contribution >= 0.6 is 10.6 Å². The molecule has 2 heterocycles. The molecule has 0 atom stereocenters. The van der Waals surface area contributed by atoms with E-state index >= 15 is 0 Å². The summed E-state index contributed by atoms with van der Waals surface area (Å²) in [5.41, 5.74) is 9.96. The van der Waals surface area contributed by atoms with E-state index in [1.807, 2.05) is 30.3 Å². The molecule has 7 heteroatoms. The van der Waals surface area contributed by atoms with Crippen LogP contribution in [0.2, 0.25) is 0 Å². The summed E-state index contributed by atoms with van der Waals surface area (Å²) in [6.07, 6.45) is 0. The Morgan fingerprint density at radius 3 is 2.71 bits per heavy atom. The Kier molecular flexibility index (Phi) is 5.87. The van der Waals surface area contributed by atoms with Crippen molar-refractivity contribution < 1.29 is 9.11 Å². The molecule has 4 rings (SSSR count). The third-order valence-electron chi connectivity index (χ3n) is 5.92. The lowest BCUT2D eigenvalue weighted by Crippen LogP contribution is -2.31. The molecule has 1 aliphatic heterocycles. The van der Waals surface area contributed by atoms with Gasteiger partial charge in [0.25, 0.3) is 0 Å². The van der Waals surface area contributed by atoms with E-state index in [1.165, 1.54) is 5.56 Å². The van der Waals surface area contributed by atoms with Gasteiger partial charge < -0.3 is 16.0 Å². The molecule has 2 aromatic carbocycles. The van der Waals surface area contributed by atoms with Crippen LogP contribution in [0.25, 0.3) is 10.9 Å². The van der Waals surface area contributed by atoms with Gasteiger partial charge in [-0.05, 0) is 42.6 Å². The van der Waals surface area contributed by atoms with Crippen molar-refractivity contribution in [2.24, 2.45) is 11.1 Å². The van der Waals surface area contributed by atoms with Crippen LogP contribution in [0.1, 0.15) is 25.0 Å². The summed E-state index contributed by atoms with van der Waals surface area (Å²) in [5.74, 6) is 1.12. The molecule has 31 heavy (non-hydrogen) atoms. The van der Waals surface area contributed by atoms with E-state index < -0.39 is 10.6 Å². The van der Waals surface area contributed by atoms with Gasteiger partial charge in [0, 0.05) is 36.8 Å². The van der Waals surface area contributed by atoms with E-state index in [4.69, 9.17) is 10.7 Å². The number of nitrogens with zero attached hydrogens (tertiary/aromatic N) is 2. The Labute approximate surface area is 185 Å². The minimum absolute atomic E-state index is 0.0299. The zero-order valence-corrected chi connectivity index (χ0v) is 19.2. The van der Waals surface area contributed by atoms with Crippen molar-refractivity contribution in [3.63, 3.8) is 0 Å². The molecule has 0 unspecified atom stereocenters. The van der Waals surface area contributed by atoms with Gasteiger partial charge >= 0.3 is 0 Å². The highest BCUT2D eigenvalue weighted by Gasteiger charge is 2.27. The molecule has 0 aliphatic carbocycles. The molecule has 0 saturated heterocycles. The first-order valence-corrected chi connectivity index (χ1v) is 12.3. The van der Waals surface area contributed by atoms with Crippen LogP contribution in [0.15, 0.2) is 53.4 Å². The van der Waals surface area contributed by atoms with E-state index in [9.17, 15) is 9.11 Å². The summed E-state index contributed by atoms with van der Waals surface area (Å²) in [5, 5.41) is 4.68.